The lowest BCUT2D eigenvalue weighted by Gasteiger charge is -2.36. The molecule has 0 radical (unpaired) electrons. The fourth-order valence-corrected chi connectivity index (χ4v) is 9.50. The molecule has 0 aliphatic carbocycles. The molecule has 5 nitrogen and oxygen atoms in total. The third-order valence-corrected chi connectivity index (χ3v) is 10.1. The van der Waals surface area contributed by atoms with E-state index in [4.69, 9.17) is 9.47 Å². The zero-order valence-corrected chi connectivity index (χ0v) is 20.0. The van der Waals surface area contributed by atoms with Crippen molar-refractivity contribution >= 4 is 38.9 Å². The summed E-state index contributed by atoms with van der Waals surface area (Å²) in [5.74, 6) is 0.866. The van der Waals surface area contributed by atoms with Crippen LogP contribution in [-0.4, -0.2) is 51.5 Å². The molecule has 2 aliphatic rings. The maximum Gasteiger partial charge on any atom is 0.414 e. The molecule has 0 aromatic heterocycles. The summed E-state index contributed by atoms with van der Waals surface area (Å²) in [4.78, 5) is 26.7. The molecule has 1 aromatic carbocycles. The van der Waals surface area contributed by atoms with Crippen LogP contribution in [0.2, 0.25) is 0 Å². The number of esters is 1. The van der Waals surface area contributed by atoms with Crippen LogP contribution in [0, 0.1) is 0 Å². The summed E-state index contributed by atoms with van der Waals surface area (Å²) >= 11 is 3.91. The zero-order chi connectivity index (χ0) is 21.2. The van der Waals surface area contributed by atoms with E-state index in [1.165, 1.54) is 12.7 Å². The summed E-state index contributed by atoms with van der Waals surface area (Å²) in [5.41, 5.74) is 0.668. The average Bonchev–Trinajstić information content (AvgIpc) is 3.20. The molecule has 160 valence electrons. The zero-order valence-electron chi connectivity index (χ0n) is 17.6. The molecule has 1 unspecified atom stereocenters. The maximum atomic E-state index is 13.1. The van der Waals surface area contributed by atoms with E-state index in [0.717, 1.165) is 25.0 Å². The first kappa shape index (κ1) is 22.5. The number of nitrogens with zero attached hydrogens (tertiary/aromatic N) is 1. The highest BCUT2D eigenvalue weighted by molar-refractivity contribution is 9.09. The number of amides is 1. The molecule has 2 heterocycles. The standard InChI is InChI=1S/C22H31BrNO4S/c1-22(2,3)28-21(26)24-16-14-29(20(24)15-10-6-5-7-11-15)17(19(16)23)12-8-9-13-18(25)27-4/h5-7,10-11,16-17,19-20H,8-9,12-14H2,1-4H3/q+1/t16-,17+,19+,20+,29?/m0/s1. The molecule has 5 atom stereocenters. The van der Waals surface area contributed by atoms with Crippen molar-refractivity contribution in [3.05, 3.63) is 35.9 Å². The molecule has 1 amide bonds. The fraction of sp³-hybridized carbons (Fsp3) is 0.636. The normalized spacial score (nSPS) is 28.4. The van der Waals surface area contributed by atoms with Gasteiger partial charge in [0.2, 0.25) is 5.37 Å². The van der Waals surface area contributed by atoms with Crippen molar-refractivity contribution < 1.29 is 19.1 Å². The van der Waals surface area contributed by atoms with E-state index in [1.54, 1.807) is 0 Å². The Balaban J connectivity index is 1.76. The second-order valence-corrected chi connectivity index (χ2v) is 12.0. The topological polar surface area (TPSA) is 55.8 Å². The summed E-state index contributed by atoms with van der Waals surface area (Å²) < 4.78 is 10.5. The van der Waals surface area contributed by atoms with Crippen molar-refractivity contribution in [3.63, 3.8) is 0 Å². The van der Waals surface area contributed by atoms with Crippen LogP contribution in [0.1, 0.15) is 57.4 Å². The highest BCUT2D eigenvalue weighted by atomic mass is 79.9. The minimum absolute atomic E-state index is 0.0502. The van der Waals surface area contributed by atoms with Crippen molar-refractivity contribution in [2.75, 3.05) is 12.9 Å². The Kier molecular flexibility index (Phi) is 7.20. The third-order valence-electron chi connectivity index (χ3n) is 5.41. The molecular formula is C22H31BrNO4S+. The largest absolute Gasteiger partial charge is 0.469 e. The third kappa shape index (κ3) is 5.10. The highest BCUT2D eigenvalue weighted by Gasteiger charge is 2.66. The number of ether oxygens (including phenoxy) is 2. The van der Waals surface area contributed by atoms with Gasteiger partial charge in [0, 0.05) is 22.9 Å². The molecule has 3 rings (SSSR count). The van der Waals surface area contributed by atoms with E-state index < -0.39 is 5.60 Å². The van der Waals surface area contributed by atoms with E-state index in [0.29, 0.717) is 11.7 Å². The summed E-state index contributed by atoms with van der Waals surface area (Å²) in [6.07, 6.45) is 3.14. The number of rotatable bonds is 6. The van der Waals surface area contributed by atoms with Gasteiger partial charge in [-0.3, -0.25) is 4.79 Å². The fourth-order valence-electron chi connectivity index (χ4n) is 4.16. The SMILES string of the molecule is COC(=O)CCCC[C@@H]1[C@H](Br)[C@@H]2C[S+]1[C@H](c1ccccc1)N2C(=O)OC(C)(C)C. The Morgan fingerprint density at radius 3 is 2.52 bits per heavy atom. The molecule has 7 heteroatoms. The second-order valence-electron chi connectivity index (χ2n) is 8.66. The number of halogens is 1. The lowest BCUT2D eigenvalue weighted by Crippen LogP contribution is -2.51. The number of benzene rings is 1. The van der Waals surface area contributed by atoms with Gasteiger partial charge in [-0.15, -0.1) is 0 Å². The molecular weight excluding hydrogens is 454 g/mol. The van der Waals surface area contributed by atoms with Gasteiger partial charge in [-0.05, 0) is 40.0 Å². The van der Waals surface area contributed by atoms with E-state index >= 15 is 0 Å². The number of carbonyl (C=O) groups excluding carboxylic acids is 2. The van der Waals surface area contributed by atoms with Gasteiger partial charge in [0.1, 0.15) is 22.6 Å². The molecule has 29 heavy (non-hydrogen) atoms. The van der Waals surface area contributed by atoms with E-state index in [1.807, 2.05) is 43.9 Å². The summed E-state index contributed by atoms with van der Waals surface area (Å²) in [6.45, 7) is 5.73. The van der Waals surface area contributed by atoms with Crippen LogP contribution in [0.4, 0.5) is 4.79 Å². The summed E-state index contributed by atoms with van der Waals surface area (Å²) in [5, 5.41) is 0.567. The quantitative estimate of drug-likeness (QED) is 0.251. The van der Waals surface area contributed by atoms with Crippen LogP contribution in [0.25, 0.3) is 0 Å². The Bertz CT molecular complexity index is 723. The number of unbranched alkanes of at least 4 members (excludes halogenated alkanes) is 1. The monoisotopic (exact) mass is 484 g/mol. The lowest BCUT2D eigenvalue weighted by atomic mass is 10.0. The van der Waals surface area contributed by atoms with Gasteiger partial charge in [0.25, 0.3) is 0 Å². The van der Waals surface area contributed by atoms with Gasteiger partial charge in [0.15, 0.2) is 0 Å². The molecule has 1 aromatic rings. The molecule has 0 saturated carbocycles. The predicted molar refractivity (Wildman–Crippen MR) is 120 cm³/mol. The van der Waals surface area contributed by atoms with E-state index in [9.17, 15) is 9.59 Å². The smallest absolute Gasteiger partial charge is 0.414 e. The van der Waals surface area contributed by atoms with E-state index in [2.05, 4.69) is 28.1 Å². The first-order valence-electron chi connectivity index (χ1n) is 10.2. The van der Waals surface area contributed by atoms with Crippen molar-refractivity contribution in [1.29, 1.82) is 0 Å². The summed E-state index contributed by atoms with van der Waals surface area (Å²) in [7, 11) is 1.48. The van der Waals surface area contributed by atoms with Crippen molar-refractivity contribution in [2.45, 2.75) is 73.5 Å². The number of carbonyl (C=O) groups is 2. The first-order chi connectivity index (χ1) is 13.7. The number of alkyl halides is 1. The molecule has 0 N–H and O–H groups in total. The van der Waals surface area contributed by atoms with Crippen LogP contribution in [0.15, 0.2) is 30.3 Å². The number of methoxy groups -OCH3 is 1. The van der Waals surface area contributed by atoms with Crippen LogP contribution in [0.5, 0.6) is 0 Å². The van der Waals surface area contributed by atoms with Gasteiger partial charge in [-0.25, -0.2) is 9.69 Å². The Morgan fingerprint density at radius 1 is 1.21 bits per heavy atom. The Hall–Kier alpha value is -1.21. The number of hydrogen-bond acceptors (Lipinski definition) is 4. The van der Waals surface area contributed by atoms with Gasteiger partial charge in [0.05, 0.1) is 11.9 Å². The Morgan fingerprint density at radius 2 is 1.90 bits per heavy atom. The molecule has 2 aliphatic heterocycles. The first-order valence-corrected chi connectivity index (χ1v) is 12.6. The van der Waals surface area contributed by atoms with E-state index in [-0.39, 0.29) is 39.2 Å². The Labute approximate surface area is 185 Å². The number of fused-ring (bicyclic) bond motifs is 2. The summed E-state index contributed by atoms with van der Waals surface area (Å²) in [6, 6.07) is 10.5. The molecule has 2 fully saturated rings. The minimum atomic E-state index is -0.516. The van der Waals surface area contributed by atoms with Gasteiger partial charge in [-0.2, -0.15) is 0 Å². The maximum absolute atomic E-state index is 13.1. The highest BCUT2D eigenvalue weighted by Crippen LogP contribution is 2.52. The van der Waals surface area contributed by atoms with Crippen LogP contribution in [0.3, 0.4) is 0 Å². The molecule has 0 spiro atoms. The second kappa shape index (κ2) is 9.29. The van der Waals surface area contributed by atoms with Gasteiger partial charge < -0.3 is 9.47 Å². The van der Waals surface area contributed by atoms with Crippen LogP contribution < -0.4 is 0 Å². The lowest BCUT2D eigenvalue weighted by molar-refractivity contribution is -0.140. The van der Waals surface area contributed by atoms with Gasteiger partial charge >= 0.3 is 12.1 Å². The van der Waals surface area contributed by atoms with Crippen LogP contribution in [-0.2, 0) is 25.2 Å². The van der Waals surface area contributed by atoms with Crippen molar-refractivity contribution in [2.24, 2.45) is 0 Å². The van der Waals surface area contributed by atoms with Crippen molar-refractivity contribution in [3.8, 4) is 0 Å². The molecule has 2 saturated heterocycles. The van der Waals surface area contributed by atoms with Crippen molar-refractivity contribution in [1.82, 2.24) is 4.90 Å². The predicted octanol–water partition coefficient (Wildman–Crippen LogP) is 4.80. The van der Waals surface area contributed by atoms with Gasteiger partial charge in [-0.1, -0.05) is 46.3 Å². The van der Waals surface area contributed by atoms with Crippen LogP contribution >= 0.6 is 15.9 Å². The average molecular weight is 485 g/mol. The minimum Gasteiger partial charge on any atom is -0.469 e. The molecule has 2 bridgehead atoms. The number of hydrogen-bond donors (Lipinski definition) is 0.